The molecule has 9 heteroatoms. The van der Waals surface area contributed by atoms with Gasteiger partial charge in [-0.1, -0.05) is 0 Å². The fourth-order valence-electron chi connectivity index (χ4n) is 1.94. The maximum atomic E-state index is 12.0. The second kappa shape index (κ2) is 5.38. The summed E-state index contributed by atoms with van der Waals surface area (Å²) in [5.74, 6) is -0.446. The van der Waals surface area contributed by atoms with Crippen LogP contribution in [-0.2, 0) is 30.2 Å². The summed E-state index contributed by atoms with van der Waals surface area (Å²) < 4.78 is 9.11. The minimum atomic E-state index is -0.483. The Morgan fingerprint density at radius 1 is 1.30 bits per heavy atom. The molecule has 20 heavy (non-hydrogen) atoms. The Morgan fingerprint density at radius 3 is 2.55 bits per heavy atom. The van der Waals surface area contributed by atoms with Gasteiger partial charge in [0.05, 0.1) is 6.61 Å². The van der Waals surface area contributed by atoms with Gasteiger partial charge in [-0.2, -0.15) is 0 Å². The van der Waals surface area contributed by atoms with Gasteiger partial charge in [-0.15, -0.1) is 0 Å². The van der Waals surface area contributed by atoms with E-state index in [0.29, 0.717) is 9.48 Å². The molecule has 0 saturated heterocycles. The third kappa shape index (κ3) is 2.25. The van der Waals surface area contributed by atoms with Gasteiger partial charge < -0.3 is 4.74 Å². The molecule has 0 bridgehead atoms. The van der Waals surface area contributed by atoms with Crippen LogP contribution in [-0.4, -0.2) is 31.3 Å². The highest BCUT2D eigenvalue weighted by molar-refractivity contribution is 14.1. The summed E-state index contributed by atoms with van der Waals surface area (Å²) in [6, 6.07) is 0. The van der Waals surface area contributed by atoms with Gasteiger partial charge in [-0.3, -0.25) is 23.3 Å². The topological polar surface area (TPSA) is 88.1 Å². The lowest BCUT2D eigenvalue weighted by atomic mass is 10.5. The number of aryl methyl sites for hydroxylation is 1. The van der Waals surface area contributed by atoms with Crippen LogP contribution in [0.2, 0.25) is 0 Å². The van der Waals surface area contributed by atoms with E-state index in [1.165, 1.54) is 23.2 Å². The van der Waals surface area contributed by atoms with E-state index in [9.17, 15) is 14.4 Å². The van der Waals surface area contributed by atoms with E-state index in [1.54, 1.807) is 6.92 Å². The SMILES string of the molecule is CCOC(=O)Cn1c(I)nc2c(=O)n(C)c(=O)n(C)c21. The summed E-state index contributed by atoms with van der Waals surface area (Å²) in [6.07, 6.45) is 0. The first-order chi connectivity index (χ1) is 9.38. The molecule has 2 heterocycles. The number of carbonyl (C=O) groups is 1. The van der Waals surface area contributed by atoms with Crippen molar-refractivity contribution in [2.75, 3.05) is 6.61 Å². The van der Waals surface area contributed by atoms with Crippen LogP contribution in [0.1, 0.15) is 6.92 Å². The first kappa shape index (κ1) is 14.8. The van der Waals surface area contributed by atoms with Crippen molar-refractivity contribution in [3.8, 4) is 0 Å². The molecule has 0 aliphatic heterocycles. The van der Waals surface area contributed by atoms with Crippen LogP contribution in [0.5, 0.6) is 0 Å². The Kier molecular flexibility index (Phi) is 3.97. The number of halogens is 1. The molecule has 0 aliphatic carbocycles. The zero-order valence-electron chi connectivity index (χ0n) is 11.2. The molecule has 0 aromatic carbocycles. The van der Waals surface area contributed by atoms with E-state index in [-0.39, 0.29) is 18.7 Å². The van der Waals surface area contributed by atoms with E-state index >= 15 is 0 Å². The first-order valence-electron chi connectivity index (χ1n) is 5.85. The van der Waals surface area contributed by atoms with E-state index in [4.69, 9.17) is 4.74 Å². The van der Waals surface area contributed by atoms with Crippen LogP contribution in [0.3, 0.4) is 0 Å². The fourth-order valence-corrected chi connectivity index (χ4v) is 2.58. The van der Waals surface area contributed by atoms with Crippen LogP contribution in [0.4, 0.5) is 0 Å². The highest BCUT2D eigenvalue weighted by Gasteiger charge is 2.19. The molecule has 0 unspecified atom stereocenters. The summed E-state index contributed by atoms with van der Waals surface area (Å²) in [5, 5.41) is 0. The Hall–Kier alpha value is -1.65. The van der Waals surface area contributed by atoms with Crippen molar-refractivity contribution in [2.24, 2.45) is 14.1 Å². The lowest BCUT2D eigenvalue weighted by Gasteiger charge is -2.08. The smallest absolute Gasteiger partial charge is 0.332 e. The second-order valence-electron chi connectivity index (χ2n) is 4.15. The Labute approximate surface area is 127 Å². The Bertz CT molecular complexity index is 801. The molecule has 0 fully saturated rings. The van der Waals surface area contributed by atoms with Gasteiger partial charge in [0.2, 0.25) is 0 Å². The summed E-state index contributed by atoms with van der Waals surface area (Å²) >= 11 is 1.91. The molecule has 2 aromatic heterocycles. The van der Waals surface area contributed by atoms with E-state index in [1.807, 2.05) is 22.6 Å². The predicted octanol–water partition coefficient (Wildman–Crippen LogP) is -0.399. The zero-order valence-corrected chi connectivity index (χ0v) is 13.4. The lowest BCUT2D eigenvalue weighted by molar-refractivity contribution is -0.143. The zero-order chi connectivity index (χ0) is 15.0. The quantitative estimate of drug-likeness (QED) is 0.403. The molecule has 0 spiro atoms. The van der Waals surface area contributed by atoms with Crippen LogP contribution in [0.25, 0.3) is 11.2 Å². The van der Waals surface area contributed by atoms with Gasteiger partial charge >= 0.3 is 11.7 Å². The van der Waals surface area contributed by atoms with Gasteiger partial charge in [-0.25, -0.2) is 9.78 Å². The number of hydrogen-bond donors (Lipinski definition) is 0. The first-order valence-corrected chi connectivity index (χ1v) is 6.93. The monoisotopic (exact) mass is 392 g/mol. The molecular formula is C11H13IN4O4. The maximum Gasteiger partial charge on any atom is 0.332 e. The van der Waals surface area contributed by atoms with Gasteiger partial charge in [0.25, 0.3) is 5.56 Å². The number of fused-ring (bicyclic) bond motifs is 1. The summed E-state index contributed by atoms with van der Waals surface area (Å²) in [4.78, 5) is 39.7. The molecule has 0 radical (unpaired) electrons. The third-order valence-corrected chi connectivity index (χ3v) is 3.71. The van der Waals surface area contributed by atoms with Crippen molar-refractivity contribution in [1.29, 1.82) is 0 Å². The van der Waals surface area contributed by atoms with Crippen molar-refractivity contribution >= 4 is 39.7 Å². The standard InChI is InChI=1S/C11H13IN4O4/c1-4-20-6(17)5-16-8-7(13-10(16)12)9(18)15(3)11(19)14(8)2/h4-5H2,1-3H3. The number of hydrogen-bond acceptors (Lipinski definition) is 5. The highest BCUT2D eigenvalue weighted by atomic mass is 127. The van der Waals surface area contributed by atoms with Gasteiger partial charge in [0, 0.05) is 36.7 Å². The number of rotatable bonds is 3. The molecule has 0 N–H and O–H groups in total. The van der Waals surface area contributed by atoms with Crippen LogP contribution >= 0.6 is 22.6 Å². The number of esters is 1. The summed E-state index contributed by atoms with van der Waals surface area (Å²) in [5.41, 5.74) is -0.480. The number of imidazole rings is 1. The van der Waals surface area contributed by atoms with Gasteiger partial charge in [0.1, 0.15) is 6.54 Å². The molecular weight excluding hydrogens is 379 g/mol. The summed E-state index contributed by atoms with van der Waals surface area (Å²) in [6.45, 7) is 1.88. The normalized spacial score (nSPS) is 11.0. The number of aromatic nitrogens is 4. The van der Waals surface area contributed by atoms with Crippen molar-refractivity contribution in [3.63, 3.8) is 0 Å². The Balaban J connectivity index is 2.74. The number of ether oxygens (including phenoxy) is 1. The van der Waals surface area contributed by atoms with Crippen molar-refractivity contribution in [1.82, 2.24) is 18.7 Å². The van der Waals surface area contributed by atoms with Gasteiger partial charge in [-0.05, 0) is 6.92 Å². The predicted molar refractivity (Wildman–Crippen MR) is 79.6 cm³/mol. The minimum absolute atomic E-state index is 0.0942. The molecule has 8 nitrogen and oxygen atoms in total. The van der Waals surface area contributed by atoms with E-state index in [2.05, 4.69) is 4.98 Å². The largest absolute Gasteiger partial charge is 0.465 e. The summed E-state index contributed by atoms with van der Waals surface area (Å²) in [7, 11) is 2.92. The highest BCUT2D eigenvalue weighted by Crippen LogP contribution is 2.13. The maximum absolute atomic E-state index is 12.0. The van der Waals surface area contributed by atoms with E-state index in [0.717, 1.165) is 4.57 Å². The van der Waals surface area contributed by atoms with Crippen molar-refractivity contribution in [2.45, 2.75) is 13.5 Å². The van der Waals surface area contributed by atoms with Crippen molar-refractivity contribution < 1.29 is 9.53 Å². The average Bonchev–Trinajstić information content (AvgIpc) is 2.72. The molecule has 0 amide bonds. The van der Waals surface area contributed by atoms with Crippen molar-refractivity contribution in [3.05, 3.63) is 24.7 Å². The molecule has 108 valence electrons. The molecule has 0 saturated carbocycles. The lowest BCUT2D eigenvalue weighted by Crippen LogP contribution is -2.37. The average molecular weight is 392 g/mol. The third-order valence-electron chi connectivity index (χ3n) is 2.89. The second-order valence-corrected chi connectivity index (χ2v) is 5.11. The van der Waals surface area contributed by atoms with Crippen LogP contribution in [0.15, 0.2) is 9.59 Å². The molecule has 0 atom stereocenters. The van der Waals surface area contributed by atoms with Gasteiger partial charge in [0.15, 0.2) is 15.0 Å². The molecule has 2 rings (SSSR count). The Morgan fingerprint density at radius 2 is 1.95 bits per heavy atom. The van der Waals surface area contributed by atoms with E-state index < -0.39 is 17.2 Å². The minimum Gasteiger partial charge on any atom is -0.465 e. The molecule has 2 aromatic rings. The molecule has 0 aliphatic rings. The van der Waals surface area contributed by atoms with Crippen LogP contribution in [0, 0.1) is 3.83 Å². The number of nitrogens with zero attached hydrogens (tertiary/aromatic N) is 4. The fraction of sp³-hybridized carbons (Fsp3) is 0.455. The number of carbonyl (C=O) groups excluding carboxylic acids is 1. The van der Waals surface area contributed by atoms with Crippen LogP contribution < -0.4 is 11.2 Å².